The molecule has 1 atom stereocenters. The third-order valence-corrected chi connectivity index (χ3v) is 3.28. The molecule has 0 saturated carbocycles. The predicted molar refractivity (Wildman–Crippen MR) is 67.4 cm³/mol. The zero-order valence-corrected chi connectivity index (χ0v) is 10.9. The summed E-state index contributed by atoms with van der Waals surface area (Å²) in [6.45, 7) is 1.79. The first-order valence-electron chi connectivity index (χ1n) is 6.06. The number of benzene rings is 1. The Hall–Kier alpha value is -2.17. The molecule has 0 N–H and O–H groups in total. The van der Waals surface area contributed by atoms with Gasteiger partial charge in [-0.25, -0.2) is 4.79 Å². The van der Waals surface area contributed by atoms with E-state index in [4.69, 9.17) is 0 Å². The van der Waals surface area contributed by atoms with Crippen LogP contribution in [0.15, 0.2) is 24.3 Å². The highest BCUT2D eigenvalue weighted by atomic mass is 16.5. The summed E-state index contributed by atoms with van der Waals surface area (Å²) >= 11 is 0. The van der Waals surface area contributed by atoms with Crippen LogP contribution in [0.4, 0.5) is 0 Å². The highest BCUT2D eigenvalue weighted by Crippen LogP contribution is 2.23. The van der Waals surface area contributed by atoms with Gasteiger partial charge in [-0.1, -0.05) is 18.2 Å². The highest BCUT2D eigenvalue weighted by Gasteiger charge is 2.41. The van der Waals surface area contributed by atoms with E-state index in [1.165, 1.54) is 7.11 Å². The molecule has 0 bridgehead atoms. The van der Waals surface area contributed by atoms with Gasteiger partial charge in [0.25, 0.3) is 5.91 Å². The molecule has 1 aliphatic heterocycles. The zero-order chi connectivity index (χ0) is 14.0. The van der Waals surface area contributed by atoms with Gasteiger partial charge in [0, 0.05) is 12.0 Å². The largest absolute Gasteiger partial charge is 0.467 e. The maximum Gasteiger partial charge on any atom is 0.329 e. The van der Waals surface area contributed by atoms with E-state index in [-0.39, 0.29) is 12.3 Å². The molecule has 1 aliphatic rings. The first-order chi connectivity index (χ1) is 9.06. The predicted octanol–water partition coefficient (Wildman–Crippen LogP) is 1.30. The van der Waals surface area contributed by atoms with Crippen LogP contribution in [0, 0.1) is 6.92 Å². The average Bonchev–Trinajstić information content (AvgIpc) is 2.79. The minimum Gasteiger partial charge on any atom is -0.467 e. The van der Waals surface area contributed by atoms with Gasteiger partial charge < -0.3 is 4.74 Å². The minimum atomic E-state index is -0.801. The van der Waals surface area contributed by atoms with Crippen molar-refractivity contribution < 1.29 is 19.1 Å². The lowest BCUT2D eigenvalue weighted by Gasteiger charge is -2.21. The molecule has 5 nitrogen and oxygen atoms in total. The Kier molecular flexibility index (Phi) is 3.64. The molecule has 0 aromatic heterocycles. The van der Waals surface area contributed by atoms with Gasteiger partial charge in [0.05, 0.1) is 7.11 Å². The number of aryl methyl sites for hydroxylation is 1. The van der Waals surface area contributed by atoms with Crippen molar-refractivity contribution in [1.82, 2.24) is 4.90 Å². The number of hydrogen-bond donors (Lipinski definition) is 0. The van der Waals surface area contributed by atoms with E-state index in [2.05, 4.69) is 4.74 Å². The molecule has 1 heterocycles. The van der Waals surface area contributed by atoms with Gasteiger partial charge >= 0.3 is 5.97 Å². The van der Waals surface area contributed by atoms with E-state index in [9.17, 15) is 14.4 Å². The second-order valence-electron chi connectivity index (χ2n) is 4.46. The molecule has 2 amide bonds. The van der Waals surface area contributed by atoms with Crippen LogP contribution in [0.1, 0.15) is 28.8 Å². The number of hydrogen-bond acceptors (Lipinski definition) is 4. The molecule has 0 aliphatic carbocycles. The SMILES string of the molecule is COC(=O)[C@@H]1CCC(=O)N1C(=O)c1ccccc1C. The molecule has 0 unspecified atom stereocenters. The van der Waals surface area contributed by atoms with Gasteiger partial charge in [0.15, 0.2) is 0 Å². The molecule has 100 valence electrons. The van der Waals surface area contributed by atoms with Gasteiger partial charge in [0.2, 0.25) is 5.91 Å². The summed E-state index contributed by atoms with van der Waals surface area (Å²) in [4.78, 5) is 36.9. The molecule has 1 aromatic carbocycles. The van der Waals surface area contributed by atoms with Crippen LogP contribution in [0.3, 0.4) is 0 Å². The van der Waals surface area contributed by atoms with Crippen LogP contribution in [0.5, 0.6) is 0 Å². The Labute approximate surface area is 111 Å². The standard InChI is InChI=1S/C14H15NO4/c1-9-5-3-4-6-10(9)13(17)15-11(14(18)19-2)7-8-12(15)16/h3-6,11H,7-8H2,1-2H3/t11-/m0/s1. The van der Waals surface area contributed by atoms with E-state index in [0.29, 0.717) is 12.0 Å². The number of carbonyl (C=O) groups excluding carboxylic acids is 3. The Balaban J connectivity index is 2.33. The number of nitrogens with zero attached hydrogens (tertiary/aromatic N) is 1. The van der Waals surface area contributed by atoms with Gasteiger partial charge in [0.1, 0.15) is 6.04 Å². The monoisotopic (exact) mass is 261 g/mol. The van der Waals surface area contributed by atoms with Crippen molar-refractivity contribution in [2.45, 2.75) is 25.8 Å². The lowest BCUT2D eigenvalue weighted by atomic mass is 10.1. The topological polar surface area (TPSA) is 63.7 Å². The molecule has 1 fully saturated rings. The molecule has 1 aromatic rings. The minimum absolute atomic E-state index is 0.192. The fourth-order valence-electron chi connectivity index (χ4n) is 2.24. The van der Waals surface area contributed by atoms with Crippen LogP contribution in [-0.2, 0) is 14.3 Å². The fourth-order valence-corrected chi connectivity index (χ4v) is 2.24. The third kappa shape index (κ3) is 2.36. The van der Waals surface area contributed by atoms with Crippen LogP contribution in [-0.4, -0.2) is 35.8 Å². The van der Waals surface area contributed by atoms with E-state index in [1.807, 2.05) is 6.07 Å². The highest BCUT2D eigenvalue weighted by molar-refractivity contribution is 6.09. The Morgan fingerprint density at radius 2 is 2.00 bits per heavy atom. The molecular weight excluding hydrogens is 246 g/mol. The van der Waals surface area contributed by atoms with Crippen molar-refractivity contribution in [1.29, 1.82) is 0 Å². The normalized spacial score (nSPS) is 18.5. The molecule has 1 saturated heterocycles. The summed E-state index contributed by atoms with van der Waals surface area (Å²) in [5.74, 6) is -1.31. The number of esters is 1. The van der Waals surface area contributed by atoms with Gasteiger partial charge in [-0.3, -0.25) is 14.5 Å². The van der Waals surface area contributed by atoms with Crippen molar-refractivity contribution >= 4 is 17.8 Å². The maximum absolute atomic E-state index is 12.4. The Morgan fingerprint density at radius 1 is 1.32 bits per heavy atom. The van der Waals surface area contributed by atoms with Crippen molar-refractivity contribution in [2.24, 2.45) is 0 Å². The lowest BCUT2D eigenvalue weighted by Crippen LogP contribution is -2.43. The number of methoxy groups -OCH3 is 1. The van der Waals surface area contributed by atoms with Crippen molar-refractivity contribution in [3.8, 4) is 0 Å². The van der Waals surface area contributed by atoms with E-state index in [0.717, 1.165) is 10.5 Å². The van der Waals surface area contributed by atoms with Crippen LogP contribution >= 0.6 is 0 Å². The quantitative estimate of drug-likeness (QED) is 0.594. The van der Waals surface area contributed by atoms with Gasteiger partial charge in [-0.2, -0.15) is 0 Å². The number of likely N-dealkylation sites (tertiary alicyclic amines) is 1. The van der Waals surface area contributed by atoms with Crippen molar-refractivity contribution in [2.75, 3.05) is 7.11 Å². The van der Waals surface area contributed by atoms with E-state index >= 15 is 0 Å². The molecule has 2 rings (SSSR count). The lowest BCUT2D eigenvalue weighted by molar-refractivity contribution is -0.147. The zero-order valence-electron chi connectivity index (χ0n) is 10.9. The van der Waals surface area contributed by atoms with Crippen molar-refractivity contribution in [3.63, 3.8) is 0 Å². The molecular formula is C14H15NO4. The molecule has 19 heavy (non-hydrogen) atoms. The van der Waals surface area contributed by atoms with Crippen molar-refractivity contribution in [3.05, 3.63) is 35.4 Å². The number of rotatable bonds is 2. The summed E-state index contributed by atoms with van der Waals surface area (Å²) in [6, 6.07) is 6.19. The van der Waals surface area contributed by atoms with E-state index in [1.54, 1.807) is 25.1 Å². The van der Waals surface area contributed by atoms with Crippen LogP contribution in [0.25, 0.3) is 0 Å². The number of imide groups is 1. The Bertz CT molecular complexity index is 538. The second-order valence-corrected chi connectivity index (χ2v) is 4.46. The summed E-state index contributed by atoms with van der Waals surface area (Å²) in [5, 5.41) is 0. The maximum atomic E-state index is 12.4. The van der Waals surface area contributed by atoms with Crippen LogP contribution in [0.2, 0.25) is 0 Å². The average molecular weight is 261 g/mol. The number of ether oxygens (including phenoxy) is 1. The summed E-state index contributed by atoms with van der Waals surface area (Å²) in [5.41, 5.74) is 1.21. The second kappa shape index (κ2) is 5.22. The first-order valence-corrected chi connectivity index (χ1v) is 6.06. The summed E-state index contributed by atoms with van der Waals surface area (Å²) in [6.07, 6.45) is 0.514. The van der Waals surface area contributed by atoms with Gasteiger partial charge in [-0.05, 0) is 25.0 Å². The molecule has 0 radical (unpaired) electrons. The van der Waals surface area contributed by atoms with E-state index < -0.39 is 17.9 Å². The molecule has 0 spiro atoms. The number of carbonyl (C=O) groups is 3. The first kappa shape index (κ1) is 13.3. The smallest absolute Gasteiger partial charge is 0.329 e. The summed E-state index contributed by atoms with van der Waals surface area (Å²) in [7, 11) is 1.25. The Morgan fingerprint density at radius 3 is 2.63 bits per heavy atom. The van der Waals surface area contributed by atoms with Gasteiger partial charge in [-0.15, -0.1) is 0 Å². The number of amides is 2. The van der Waals surface area contributed by atoms with Crippen LogP contribution < -0.4 is 0 Å². The third-order valence-electron chi connectivity index (χ3n) is 3.28. The fraction of sp³-hybridized carbons (Fsp3) is 0.357. The summed E-state index contributed by atoms with van der Waals surface area (Å²) < 4.78 is 4.64. The molecule has 5 heteroatoms.